The summed E-state index contributed by atoms with van der Waals surface area (Å²) in [6.07, 6.45) is 1.83. The Morgan fingerprint density at radius 3 is 2.62 bits per heavy atom. The fourth-order valence-corrected chi connectivity index (χ4v) is 1.14. The Bertz CT molecular complexity index is 212. The summed E-state index contributed by atoms with van der Waals surface area (Å²) in [5.41, 5.74) is 0. The second kappa shape index (κ2) is 10.6. The zero-order valence-electron chi connectivity index (χ0n) is 9.97. The Labute approximate surface area is 102 Å². The first-order chi connectivity index (χ1) is 7.70. The molecule has 6 heteroatoms. The third-order valence-corrected chi connectivity index (χ3v) is 2.08. The van der Waals surface area contributed by atoms with Crippen molar-refractivity contribution < 1.29 is 9.53 Å². The summed E-state index contributed by atoms with van der Waals surface area (Å²) in [7, 11) is 1.66. The average Bonchev–Trinajstić information content (AvgIpc) is 2.29. The summed E-state index contributed by atoms with van der Waals surface area (Å²) in [4.78, 5) is 11.2. The smallest absolute Gasteiger partial charge is 0.239 e. The van der Waals surface area contributed by atoms with E-state index >= 15 is 0 Å². The lowest BCUT2D eigenvalue weighted by molar-refractivity contribution is -0.119. The van der Waals surface area contributed by atoms with Gasteiger partial charge in [0.25, 0.3) is 0 Å². The molecular weight excluding hydrogens is 226 g/mol. The van der Waals surface area contributed by atoms with Gasteiger partial charge in [-0.1, -0.05) is 6.92 Å². The molecule has 0 aliphatic heterocycles. The van der Waals surface area contributed by atoms with Crippen LogP contribution in [0.5, 0.6) is 0 Å². The molecule has 0 saturated carbocycles. The van der Waals surface area contributed by atoms with Gasteiger partial charge in [-0.05, 0) is 25.1 Å². The lowest BCUT2D eigenvalue weighted by Crippen LogP contribution is -2.42. The molecule has 3 N–H and O–H groups in total. The first-order valence-corrected chi connectivity index (χ1v) is 5.88. The SMILES string of the molecule is CCCNC(=O)CNC(=S)NCCCOC. The highest BCUT2D eigenvalue weighted by Gasteiger charge is 2.00. The molecule has 0 rings (SSSR count). The molecule has 0 aromatic carbocycles. The van der Waals surface area contributed by atoms with Gasteiger partial charge in [0.1, 0.15) is 0 Å². The number of rotatable bonds is 8. The molecule has 0 aliphatic rings. The summed E-state index contributed by atoms with van der Waals surface area (Å²) in [6.45, 7) is 4.38. The quantitative estimate of drug-likeness (QED) is 0.417. The van der Waals surface area contributed by atoms with Crippen LogP contribution in [-0.4, -0.2) is 44.4 Å². The van der Waals surface area contributed by atoms with Crippen molar-refractivity contribution in [3.05, 3.63) is 0 Å². The highest BCUT2D eigenvalue weighted by Crippen LogP contribution is 1.77. The van der Waals surface area contributed by atoms with Crippen molar-refractivity contribution in [2.24, 2.45) is 0 Å². The van der Waals surface area contributed by atoms with E-state index in [2.05, 4.69) is 16.0 Å². The number of hydrogen-bond donors (Lipinski definition) is 3. The number of methoxy groups -OCH3 is 1. The van der Waals surface area contributed by atoms with Crippen LogP contribution in [0.4, 0.5) is 0 Å². The van der Waals surface area contributed by atoms with Crippen molar-refractivity contribution in [1.82, 2.24) is 16.0 Å². The Kier molecular flexibility index (Phi) is 10.0. The average molecular weight is 247 g/mol. The minimum Gasteiger partial charge on any atom is -0.385 e. The van der Waals surface area contributed by atoms with Crippen molar-refractivity contribution in [1.29, 1.82) is 0 Å². The van der Waals surface area contributed by atoms with Crippen molar-refractivity contribution in [3.63, 3.8) is 0 Å². The highest BCUT2D eigenvalue weighted by molar-refractivity contribution is 7.80. The van der Waals surface area contributed by atoms with Gasteiger partial charge in [0.2, 0.25) is 5.91 Å². The lowest BCUT2D eigenvalue weighted by atomic mass is 10.4. The van der Waals surface area contributed by atoms with Gasteiger partial charge in [0, 0.05) is 26.8 Å². The highest BCUT2D eigenvalue weighted by atomic mass is 32.1. The molecule has 0 atom stereocenters. The molecule has 0 unspecified atom stereocenters. The first kappa shape index (κ1) is 15.1. The molecular formula is C10H21N3O2S. The normalized spacial score (nSPS) is 9.62. The van der Waals surface area contributed by atoms with Gasteiger partial charge in [-0.25, -0.2) is 0 Å². The molecule has 5 nitrogen and oxygen atoms in total. The largest absolute Gasteiger partial charge is 0.385 e. The number of carbonyl (C=O) groups excluding carboxylic acids is 1. The van der Waals surface area contributed by atoms with Crippen LogP contribution in [0.2, 0.25) is 0 Å². The van der Waals surface area contributed by atoms with Crippen molar-refractivity contribution >= 4 is 23.2 Å². The van der Waals surface area contributed by atoms with E-state index in [0.29, 0.717) is 18.3 Å². The second-order valence-corrected chi connectivity index (χ2v) is 3.71. The van der Waals surface area contributed by atoms with E-state index in [0.717, 1.165) is 19.4 Å². The number of nitrogens with one attached hydrogen (secondary N) is 3. The van der Waals surface area contributed by atoms with Crippen LogP contribution >= 0.6 is 12.2 Å². The van der Waals surface area contributed by atoms with Gasteiger partial charge in [0.05, 0.1) is 6.54 Å². The van der Waals surface area contributed by atoms with Gasteiger partial charge < -0.3 is 20.7 Å². The molecule has 16 heavy (non-hydrogen) atoms. The molecule has 0 spiro atoms. The predicted octanol–water partition coefficient (Wildman–Crippen LogP) is 0.0132. The zero-order chi connectivity index (χ0) is 12.2. The first-order valence-electron chi connectivity index (χ1n) is 5.48. The van der Waals surface area contributed by atoms with Crippen LogP contribution in [0.15, 0.2) is 0 Å². The maximum atomic E-state index is 11.2. The Hall–Kier alpha value is -0.880. The van der Waals surface area contributed by atoms with E-state index < -0.39 is 0 Å². The summed E-state index contributed by atoms with van der Waals surface area (Å²) in [5, 5.41) is 9.08. The lowest BCUT2D eigenvalue weighted by Gasteiger charge is -2.10. The van der Waals surface area contributed by atoms with Crippen LogP contribution in [0.25, 0.3) is 0 Å². The third kappa shape index (κ3) is 9.67. The minimum absolute atomic E-state index is 0.0390. The molecule has 1 amide bonds. The molecule has 94 valence electrons. The maximum absolute atomic E-state index is 11.2. The van der Waals surface area contributed by atoms with E-state index in [4.69, 9.17) is 17.0 Å². The molecule has 0 radical (unpaired) electrons. The number of ether oxygens (including phenoxy) is 1. The van der Waals surface area contributed by atoms with Crippen molar-refractivity contribution in [2.75, 3.05) is 33.4 Å². The van der Waals surface area contributed by atoms with Crippen molar-refractivity contribution in [2.45, 2.75) is 19.8 Å². The zero-order valence-corrected chi connectivity index (χ0v) is 10.8. The third-order valence-electron chi connectivity index (χ3n) is 1.79. The molecule has 0 heterocycles. The van der Waals surface area contributed by atoms with Gasteiger partial charge in [-0.15, -0.1) is 0 Å². The molecule has 0 aromatic heterocycles. The Balaban J connectivity index is 3.38. The van der Waals surface area contributed by atoms with Crippen LogP contribution in [-0.2, 0) is 9.53 Å². The van der Waals surface area contributed by atoms with Gasteiger partial charge >= 0.3 is 0 Å². The monoisotopic (exact) mass is 247 g/mol. The number of hydrogen-bond acceptors (Lipinski definition) is 3. The molecule has 0 aliphatic carbocycles. The summed E-state index contributed by atoms with van der Waals surface area (Å²) >= 11 is 4.99. The minimum atomic E-state index is -0.0390. The predicted molar refractivity (Wildman–Crippen MR) is 68.4 cm³/mol. The van der Waals surface area contributed by atoms with E-state index in [1.165, 1.54) is 0 Å². The Morgan fingerprint density at radius 1 is 1.25 bits per heavy atom. The molecule has 0 bridgehead atoms. The van der Waals surface area contributed by atoms with Crippen LogP contribution in [0, 0.1) is 0 Å². The van der Waals surface area contributed by atoms with E-state index in [-0.39, 0.29) is 12.5 Å². The second-order valence-electron chi connectivity index (χ2n) is 3.31. The van der Waals surface area contributed by atoms with E-state index in [1.54, 1.807) is 7.11 Å². The topological polar surface area (TPSA) is 62.4 Å². The van der Waals surface area contributed by atoms with Gasteiger partial charge in [-0.3, -0.25) is 4.79 Å². The number of thiocarbonyl (C=S) groups is 1. The van der Waals surface area contributed by atoms with Gasteiger partial charge in [-0.2, -0.15) is 0 Å². The standard InChI is InChI=1S/C10H21N3O2S/c1-3-5-11-9(14)8-13-10(16)12-6-4-7-15-2/h3-8H2,1-2H3,(H,11,14)(H2,12,13,16). The summed E-state index contributed by atoms with van der Waals surface area (Å²) < 4.78 is 4.90. The van der Waals surface area contributed by atoms with Gasteiger partial charge in [0.15, 0.2) is 5.11 Å². The fraction of sp³-hybridized carbons (Fsp3) is 0.800. The summed E-state index contributed by atoms with van der Waals surface area (Å²) in [5.74, 6) is -0.0390. The Morgan fingerprint density at radius 2 is 2.00 bits per heavy atom. The van der Waals surface area contributed by atoms with E-state index in [9.17, 15) is 4.79 Å². The maximum Gasteiger partial charge on any atom is 0.239 e. The van der Waals surface area contributed by atoms with Crippen LogP contribution in [0.3, 0.4) is 0 Å². The van der Waals surface area contributed by atoms with Crippen molar-refractivity contribution in [3.8, 4) is 0 Å². The number of carbonyl (C=O) groups is 1. The van der Waals surface area contributed by atoms with Crippen LogP contribution < -0.4 is 16.0 Å². The summed E-state index contributed by atoms with van der Waals surface area (Å²) in [6, 6.07) is 0. The fourth-order valence-electron chi connectivity index (χ4n) is 0.968. The molecule has 0 saturated heterocycles. The van der Waals surface area contributed by atoms with Crippen LogP contribution in [0.1, 0.15) is 19.8 Å². The number of amides is 1. The van der Waals surface area contributed by atoms with E-state index in [1.807, 2.05) is 6.92 Å². The molecule has 0 aromatic rings. The molecule has 0 fully saturated rings.